The fourth-order valence-corrected chi connectivity index (χ4v) is 4.83. The Morgan fingerprint density at radius 1 is 1.15 bits per heavy atom. The van der Waals surface area contributed by atoms with Gasteiger partial charge in [-0.25, -0.2) is 18.3 Å². The van der Waals surface area contributed by atoms with Crippen LogP contribution < -0.4 is 14.9 Å². The summed E-state index contributed by atoms with van der Waals surface area (Å²) in [5, 5.41) is 12.4. The van der Waals surface area contributed by atoms with Crippen LogP contribution in [-0.2, 0) is 14.8 Å². The summed E-state index contributed by atoms with van der Waals surface area (Å²) in [4.78, 5) is 12.3. The highest BCUT2D eigenvalue weighted by Gasteiger charge is 2.44. The molecule has 0 bridgehead atoms. The molecule has 0 saturated heterocycles. The van der Waals surface area contributed by atoms with Gasteiger partial charge in [-0.15, -0.1) is 0 Å². The van der Waals surface area contributed by atoms with Gasteiger partial charge in [-0.1, -0.05) is 19.0 Å². The standard InChI is InChI=1S/C22H24FN3O6S2/c1-13-12-18(25-32-13)20(33)22(2,3)19(21(27)24-28)26-34(29,30)17-10-8-16(9-11-17)31-15-6-4-14(23)5-7-15/h4-12,19-20,26,28,33H,1-3H3,(H,24,27). The first-order valence-corrected chi connectivity index (χ1v) is 12.0. The lowest BCUT2D eigenvalue weighted by molar-refractivity contribution is -0.133. The predicted molar refractivity (Wildman–Crippen MR) is 124 cm³/mol. The third-order valence-corrected chi connectivity index (χ3v) is 7.57. The van der Waals surface area contributed by atoms with Crippen LogP contribution in [-0.4, -0.2) is 30.7 Å². The number of halogens is 1. The largest absolute Gasteiger partial charge is 0.457 e. The number of thiol groups is 1. The Bertz CT molecular complexity index is 1240. The molecule has 3 aromatic rings. The molecule has 182 valence electrons. The number of aryl methyl sites for hydroxylation is 1. The Balaban J connectivity index is 1.83. The van der Waals surface area contributed by atoms with E-state index in [4.69, 9.17) is 9.26 Å². The molecule has 9 nitrogen and oxygen atoms in total. The van der Waals surface area contributed by atoms with Gasteiger partial charge in [0.25, 0.3) is 5.91 Å². The maximum absolute atomic E-state index is 13.1. The number of amides is 1. The maximum atomic E-state index is 13.1. The zero-order valence-electron chi connectivity index (χ0n) is 18.5. The van der Waals surface area contributed by atoms with Crippen molar-refractivity contribution >= 4 is 28.6 Å². The first-order chi connectivity index (χ1) is 15.9. The number of carbonyl (C=O) groups is 1. The molecule has 2 atom stereocenters. The maximum Gasteiger partial charge on any atom is 0.262 e. The monoisotopic (exact) mass is 509 g/mol. The Morgan fingerprint density at radius 2 is 1.71 bits per heavy atom. The number of carbonyl (C=O) groups excluding carboxylic acids is 1. The molecule has 1 heterocycles. The number of nitrogens with zero attached hydrogens (tertiary/aromatic N) is 1. The summed E-state index contributed by atoms with van der Waals surface area (Å²) < 4.78 is 52.1. The van der Waals surface area contributed by atoms with E-state index >= 15 is 0 Å². The topological polar surface area (TPSA) is 131 Å². The zero-order chi connectivity index (χ0) is 25.1. The molecule has 2 aromatic carbocycles. The van der Waals surface area contributed by atoms with E-state index in [1.807, 2.05) is 0 Å². The summed E-state index contributed by atoms with van der Waals surface area (Å²) in [5.41, 5.74) is 0.758. The van der Waals surface area contributed by atoms with Gasteiger partial charge in [0, 0.05) is 11.5 Å². The van der Waals surface area contributed by atoms with Crippen molar-refractivity contribution in [3.63, 3.8) is 0 Å². The average Bonchev–Trinajstić information content (AvgIpc) is 3.24. The van der Waals surface area contributed by atoms with Crippen LogP contribution >= 0.6 is 12.6 Å². The number of aromatic nitrogens is 1. The number of hydroxylamine groups is 1. The van der Waals surface area contributed by atoms with Crippen molar-refractivity contribution in [2.24, 2.45) is 5.41 Å². The van der Waals surface area contributed by atoms with Crippen molar-refractivity contribution < 1.29 is 32.1 Å². The molecule has 0 spiro atoms. The minimum Gasteiger partial charge on any atom is -0.457 e. The lowest BCUT2D eigenvalue weighted by Crippen LogP contribution is -2.55. The average molecular weight is 510 g/mol. The van der Waals surface area contributed by atoms with E-state index in [-0.39, 0.29) is 4.90 Å². The van der Waals surface area contributed by atoms with E-state index in [0.29, 0.717) is 23.0 Å². The van der Waals surface area contributed by atoms with Gasteiger partial charge < -0.3 is 9.26 Å². The van der Waals surface area contributed by atoms with Crippen molar-refractivity contribution in [3.8, 4) is 11.5 Å². The van der Waals surface area contributed by atoms with Gasteiger partial charge in [0.2, 0.25) is 10.0 Å². The highest BCUT2D eigenvalue weighted by molar-refractivity contribution is 7.89. The molecule has 0 aliphatic heterocycles. The Labute approximate surface area is 201 Å². The quantitative estimate of drug-likeness (QED) is 0.196. The van der Waals surface area contributed by atoms with E-state index in [2.05, 4.69) is 22.5 Å². The van der Waals surface area contributed by atoms with Gasteiger partial charge in [0.15, 0.2) is 0 Å². The Morgan fingerprint density at radius 3 is 2.21 bits per heavy atom. The molecule has 0 radical (unpaired) electrons. The summed E-state index contributed by atoms with van der Waals surface area (Å²) in [7, 11) is -4.21. The van der Waals surface area contributed by atoms with Gasteiger partial charge in [-0.3, -0.25) is 10.0 Å². The summed E-state index contributed by atoms with van der Waals surface area (Å²) in [6.07, 6.45) is 0. The van der Waals surface area contributed by atoms with E-state index in [0.717, 1.165) is 0 Å². The summed E-state index contributed by atoms with van der Waals surface area (Å²) in [6, 6.07) is 11.0. The van der Waals surface area contributed by atoms with Crippen LogP contribution in [0.25, 0.3) is 0 Å². The van der Waals surface area contributed by atoms with E-state index in [1.165, 1.54) is 54.0 Å². The van der Waals surface area contributed by atoms with Gasteiger partial charge in [-0.05, 0) is 55.5 Å². The predicted octanol–water partition coefficient (Wildman–Crippen LogP) is 3.76. The van der Waals surface area contributed by atoms with Gasteiger partial charge >= 0.3 is 0 Å². The zero-order valence-corrected chi connectivity index (χ0v) is 20.2. The number of hydrogen-bond donors (Lipinski definition) is 4. The molecule has 1 aromatic heterocycles. The fraction of sp³-hybridized carbons (Fsp3) is 0.273. The van der Waals surface area contributed by atoms with Crippen LogP contribution in [0.3, 0.4) is 0 Å². The molecular formula is C22H24FN3O6S2. The van der Waals surface area contributed by atoms with Crippen LogP contribution in [0, 0.1) is 18.2 Å². The van der Waals surface area contributed by atoms with Crippen LogP contribution in [0.1, 0.15) is 30.6 Å². The van der Waals surface area contributed by atoms with Crippen LogP contribution in [0.15, 0.2) is 64.0 Å². The molecule has 0 aliphatic rings. The third-order valence-electron chi connectivity index (χ3n) is 5.20. The van der Waals surface area contributed by atoms with Crippen LogP contribution in [0.5, 0.6) is 11.5 Å². The van der Waals surface area contributed by atoms with Gasteiger partial charge in [0.1, 0.15) is 29.1 Å². The fourth-order valence-electron chi connectivity index (χ4n) is 3.21. The van der Waals surface area contributed by atoms with Gasteiger partial charge in [0.05, 0.1) is 15.8 Å². The molecule has 1 amide bonds. The van der Waals surface area contributed by atoms with Crippen LogP contribution in [0.2, 0.25) is 0 Å². The molecule has 12 heteroatoms. The minimum absolute atomic E-state index is 0.140. The lowest BCUT2D eigenvalue weighted by Gasteiger charge is -2.36. The van der Waals surface area contributed by atoms with E-state index < -0.39 is 38.5 Å². The summed E-state index contributed by atoms with van der Waals surface area (Å²) >= 11 is 4.53. The molecule has 34 heavy (non-hydrogen) atoms. The second-order valence-electron chi connectivity index (χ2n) is 8.14. The molecule has 3 rings (SSSR count). The van der Waals surface area contributed by atoms with Crippen molar-refractivity contribution in [1.82, 2.24) is 15.4 Å². The van der Waals surface area contributed by atoms with Gasteiger partial charge in [-0.2, -0.15) is 17.4 Å². The van der Waals surface area contributed by atoms with Crippen molar-refractivity contribution in [3.05, 3.63) is 71.9 Å². The van der Waals surface area contributed by atoms with E-state index in [9.17, 15) is 22.8 Å². The second kappa shape index (κ2) is 10.1. The highest BCUT2D eigenvalue weighted by atomic mass is 32.2. The molecular weight excluding hydrogens is 485 g/mol. The van der Waals surface area contributed by atoms with Crippen molar-refractivity contribution in [1.29, 1.82) is 0 Å². The molecule has 3 N–H and O–H groups in total. The van der Waals surface area contributed by atoms with E-state index in [1.54, 1.807) is 26.8 Å². The van der Waals surface area contributed by atoms with Crippen molar-refractivity contribution in [2.45, 2.75) is 37.0 Å². The Kier molecular flexibility index (Phi) is 7.66. The number of hydrogen-bond acceptors (Lipinski definition) is 8. The molecule has 0 fully saturated rings. The molecule has 2 unspecified atom stereocenters. The summed E-state index contributed by atoms with van der Waals surface area (Å²) in [5.74, 6) is -0.154. The number of ether oxygens (including phenoxy) is 1. The second-order valence-corrected chi connectivity index (χ2v) is 10.4. The minimum atomic E-state index is -4.21. The number of sulfonamides is 1. The summed E-state index contributed by atoms with van der Waals surface area (Å²) in [6.45, 7) is 4.90. The number of nitrogens with one attached hydrogen (secondary N) is 2. The highest BCUT2D eigenvalue weighted by Crippen LogP contribution is 2.41. The smallest absolute Gasteiger partial charge is 0.262 e. The SMILES string of the molecule is Cc1cc(C(S)C(C)(C)C(NS(=O)(=O)c2ccc(Oc3ccc(F)cc3)cc2)C(=O)NO)no1. The first kappa shape index (κ1) is 25.7. The van der Waals surface area contributed by atoms with Crippen LogP contribution in [0.4, 0.5) is 4.39 Å². The number of rotatable bonds is 9. The number of benzene rings is 2. The third kappa shape index (κ3) is 5.76. The molecule has 0 saturated carbocycles. The first-order valence-electron chi connectivity index (χ1n) is 10.0. The molecule has 0 aliphatic carbocycles. The normalized spacial score (nSPS) is 13.8. The lowest BCUT2D eigenvalue weighted by atomic mass is 9.79. The Hall–Kier alpha value is -2.93. The van der Waals surface area contributed by atoms with Crippen molar-refractivity contribution in [2.75, 3.05) is 0 Å².